The van der Waals surface area contributed by atoms with Crippen molar-refractivity contribution in [1.82, 2.24) is 0 Å². The second-order valence-electron chi connectivity index (χ2n) is 6.15. The van der Waals surface area contributed by atoms with Crippen LogP contribution in [0.1, 0.15) is 53.9 Å². The normalized spacial score (nSPS) is 24.9. The molecule has 0 aromatic carbocycles. The van der Waals surface area contributed by atoms with Crippen molar-refractivity contribution in [3.8, 4) is 0 Å². The van der Waals surface area contributed by atoms with Crippen LogP contribution in [-0.4, -0.2) is 23.7 Å². The van der Waals surface area contributed by atoms with Crippen LogP contribution in [0.15, 0.2) is 0 Å². The molecular formula is C14H25F2O4P. The zero-order valence-electron chi connectivity index (χ0n) is 13.3. The van der Waals surface area contributed by atoms with E-state index < -0.39 is 37.3 Å². The van der Waals surface area contributed by atoms with Crippen molar-refractivity contribution >= 4 is 13.4 Å². The summed E-state index contributed by atoms with van der Waals surface area (Å²) in [7, 11) is -4.65. The van der Waals surface area contributed by atoms with Gasteiger partial charge in [0.25, 0.3) is 0 Å². The van der Waals surface area contributed by atoms with Crippen LogP contribution in [0.4, 0.5) is 8.78 Å². The summed E-state index contributed by atoms with van der Waals surface area (Å²) in [5.41, 5.74) is -3.67. The first-order valence-electron chi connectivity index (χ1n) is 7.38. The lowest BCUT2D eigenvalue weighted by molar-refractivity contribution is -0.132. The number of carbonyl (C=O) groups is 1. The van der Waals surface area contributed by atoms with Gasteiger partial charge in [-0.3, -0.25) is 9.36 Å². The fourth-order valence-corrected chi connectivity index (χ4v) is 4.80. The lowest BCUT2D eigenvalue weighted by Gasteiger charge is -2.38. The molecule has 0 unspecified atom stereocenters. The molecular weight excluding hydrogens is 301 g/mol. The molecule has 0 aliphatic heterocycles. The van der Waals surface area contributed by atoms with E-state index in [1.807, 2.05) is 0 Å². The van der Waals surface area contributed by atoms with E-state index in [0.717, 1.165) is 0 Å². The van der Waals surface area contributed by atoms with Crippen LogP contribution in [0.5, 0.6) is 0 Å². The minimum Gasteiger partial charge on any atom is -0.302 e. The first-order valence-corrected chi connectivity index (χ1v) is 8.93. The lowest BCUT2D eigenvalue weighted by atomic mass is 9.79. The molecule has 2 atom stereocenters. The van der Waals surface area contributed by atoms with E-state index in [9.17, 15) is 18.1 Å². The molecule has 0 heterocycles. The van der Waals surface area contributed by atoms with Gasteiger partial charge in [-0.05, 0) is 40.5 Å². The average Bonchev–Trinajstić information content (AvgIpc) is 2.30. The highest BCUT2D eigenvalue weighted by Gasteiger charge is 2.61. The third kappa shape index (κ3) is 4.11. The molecule has 1 aliphatic rings. The van der Waals surface area contributed by atoms with E-state index in [-0.39, 0.29) is 12.2 Å². The molecule has 7 heteroatoms. The van der Waals surface area contributed by atoms with Gasteiger partial charge in [0.05, 0.1) is 12.2 Å². The van der Waals surface area contributed by atoms with Crippen LogP contribution in [0, 0.1) is 11.8 Å². The number of ketones is 1. The summed E-state index contributed by atoms with van der Waals surface area (Å²) in [6.45, 7) is 7.59. The van der Waals surface area contributed by atoms with Crippen LogP contribution < -0.4 is 0 Å². The molecule has 1 fully saturated rings. The predicted molar refractivity (Wildman–Crippen MR) is 76.5 cm³/mol. The van der Waals surface area contributed by atoms with Crippen molar-refractivity contribution in [3.63, 3.8) is 0 Å². The van der Waals surface area contributed by atoms with Gasteiger partial charge in [0.15, 0.2) is 0 Å². The van der Waals surface area contributed by atoms with Gasteiger partial charge in [0.2, 0.25) is 0 Å². The summed E-state index contributed by atoms with van der Waals surface area (Å²) in [4.78, 5) is 11.7. The van der Waals surface area contributed by atoms with E-state index >= 15 is 0 Å². The van der Waals surface area contributed by atoms with E-state index in [1.165, 1.54) is 34.6 Å². The molecule has 124 valence electrons. The molecule has 0 radical (unpaired) electrons. The minimum atomic E-state index is -4.65. The Hall–Kier alpha value is -0.320. The molecule has 4 nitrogen and oxygen atoms in total. The number of Topliss-reactive ketones (excluding diaryl/α,β-unsaturated/α-hetero) is 1. The fraction of sp³-hybridized carbons (Fsp3) is 0.929. The SMILES string of the molecule is CC(C)OP(=O)(OC(C)C)C(F)(F)[C@@H]1CCCC(=O)[C@@H]1C. The van der Waals surface area contributed by atoms with Crippen LogP contribution in [0.2, 0.25) is 0 Å². The standard InChI is InChI=1S/C14H25F2O4P/c1-9(2)19-21(18,20-10(3)4)14(15,16)12-7-6-8-13(17)11(12)5/h9-12H,6-8H2,1-5H3/t11-,12-/m1/s1. The first-order chi connectivity index (χ1) is 9.51. The molecule has 21 heavy (non-hydrogen) atoms. The Labute approximate surface area is 125 Å². The van der Waals surface area contributed by atoms with E-state index in [1.54, 1.807) is 0 Å². The van der Waals surface area contributed by atoms with Crippen molar-refractivity contribution in [2.75, 3.05) is 0 Å². The second kappa shape index (κ2) is 6.84. The fourth-order valence-electron chi connectivity index (χ4n) is 2.60. The van der Waals surface area contributed by atoms with Gasteiger partial charge in [-0.15, -0.1) is 0 Å². The summed E-state index contributed by atoms with van der Waals surface area (Å²) in [5, 5.41) is 0. The smallest absolute Gasteiger partial charge is 0.302 e. The van der Waals surface area contributed by atoms with Gasteiger partial charge in [-0.25, -0.2) is 0 Å². The van der Waals surface area contributed by atoms with E-state index in [0.29, 0.717) is 12.8 Å². The molecule has 0 bridgehead atoms. The Balaban J connectivity index is 3.13. The average molecular weight is 326 g/mol. The van der Waals surface area contributed by atoms with Gasteiger partial charge < -0.3 is 9.05 Å². The molecule has 1 saturated carbocycles. The monoisotopic (exact) mass is 326 g/mol. The predicted octanol–water partition coefficient (Wildman–Crippen LogP) is 4.63. The Bertz CT molecular complexity index is 409. The first kappa shape index (κ1) is 18.7. The van der Waals surface area contributed by atoms with Gasteiger partial charge >= 0.3 is 13.3 Å². The molecule has 1 aliphatic carbocycles. The minimum absolute atomic E-state index is 0.146. The molecule has 1 rings (SSSR count). The number of halogens is 2. The largest absolute Gasteiger partial charge is 0.400 e. The molecule has 0 saturated heterocycles. The Morgan fingerprint density at radius 3 is 2.10 bits per heavy atom. The van der Waals surface area contributed by atoms with Crippen molar-refractivity contribution in [2.24, 2.45) is 11.8 Å². The zero-order chi connectivity index (χ0) is 16.4. The van der Waals surface area contributed by atoms with Crippen LogP contribution in [0.25, 0.3) is 0 Å². The van der Waals surface area contributed by atoms with Crippen molar-refractivity contribution in [3.05, 3.63) is 0 Å². The molecule has 0 aromatic heterocycles. The Morgan fingerprint density at radius 2 is 1.67 bits per heavy atom. The highest BCUT2D eigenvalue weighted by Crippen LogP contribution is 2.68. The third-order valence-electron chi connectivity index (χ3n) is 3.56. The number of carbonyl (C=O) groups excluding carboxylic acids is 1. The van der Waals surface area contributed by atoms with Crippen molar-refractivity contribution < 1.29 is 27.2 Å². The van der Waals surface area contributed by atoms with Crippen LogP contribution in [0.3, 0.4) is 0 Å². The molecule has 0 aromatic rings. The summed E-state index contributed by atoms with van der Waals surface area (Å²) in [5.74, 6) is -2.36. The maximum absolute atomic E-state index is 14.8. The van der Waals surface area contributed by atoms with Crippen molar-refractivity contribution in [2.45, 2.75) is 71.8 Å². The summed E-state index contributed by atoms with van der Waals surface area (Å²) in [6.07, 6.45) is -0.488. The maximum Gasteiger partial charge on any atom is 0.400 e. The Morgan fingerprint density at radius 1 is 1.19 bits per heavy atom. The summed E-state index contributed by atoms with van der Waals surface area (Å²) >= 11 is 0. The number of hydrogen-bond acceptors (Lipinski definition) is 4. The maximum atomic E-state index is 14.8. The van der Waals surface area contributed by atoms with Gasteiger partial charge in [-0.2, -0.15) is 8.78 Å². The van der Waals surface area contributed by atoms with Crippen LogP contribution in [-0.2, 0) is 18.4 Å². The topological polar surface area (TPSA) is 52.6 Å². The summed E-state index contributed by atoms with van der Waals surface area (Å²) < 4.78 is 52.4. The number of hydrogen-bond donors (Lipinski definition) is 0. The van der Waals surface area contributed by atoms with Gasteiger partial charge in [-0.1, -0.05) is 6.92 Å². The zero-order valence-corrected chi connectivity index (χ0v) is 14.2. The van der Waals surface area contributed by atoms with Crippen molar-refractivity contribution in [1.29, 1.82) is 0 Å². The van der Waals surface area contributed by atoms with Gasteiger partial charge in [0, 0.05) is 18.3 Å². The van der Waals surface area contributed by atoms with Gasteiger partial charge in [0.1, 0.15) is 5.78 Å². The molecule has 0 amide bonds. The third-order valence-corrected chi connectivity index (χ3v) is 6.02. The van der Waals surface area contributed by atoms with E-state index in [2.05, 4.69) is 0 Å². The molecule has 0 N–H and O–H groups in total. The highest BCUT2D eigenvalue weighted by atomic mass is 31.2. The Kier molecular flexibility index (Phi) is 6.10. The molecule has 0 spiro atoms. The highest BCUT2D eigenvalue weighted by molar-refractivity contribution is 7.55. The lowest BCUT2D eigenvalue weighted by Crippen LogP contribution is -2.40. The number of rotatable bonds is 6. The number of alkyl halides is 2. The van der Waals surface area contributed by atoms with Crippen LogP contribution >= 0.6 is 7.60 Å². The van der Waals surface area contributed by atoms with E-state index in [4.69, 9.17) is 9.05 Å². The quantitative estimate of drug-likeness (QED) is 0.668. The summed E-state index contributed by atoms with van der Waals surface area (Å²) in [6, 6.07) is 0. The second-order valence-corrected chi connectivity index (χ2v) is 8.16.